The van der Waals surface area contributed by atoms with Crippen LogP contribution in [0.1, 0.15) is 29.9 Å². The molecule has 0 aliphatic heterocycles. The zero-order valence-corrected chi connectivity index (χ0v) is 13.5. The van der Waals surface area contributed by atoms with E-state index in [1.807, 2.05) is 13.8 Å². The van der Waals surface area contributed by atoms with Crippen molar-refractivity contribution in [3.05, 3.63) is 66.3 Å². The standard InChI is InChI=1S/C18H21N3O2/c1-13(2)12-23-17-6-4-15(5-7-17)18(22)21-14(3)10-16-11-19-8-9-20-16/h4-9,11,14H,1,10,12H2,2-3H3,(H,21,22)/t14-/m1/s1. The van der Waals surface area contributed by atoms with Gasteiger partial charge >= 0.3 is 0 Å². The minimum absolute atomic E-state index is 0.0291. The summed E-state index contributed by atoms with van der Waals surface area (Å²) >= 11 is 0. The Kier molecular flexibility index (Phi) is 5.86. The summed E-state index contributed by atoms with van der Waals surface area (Å²) in [5.41, 5.74) is 2.40. The van der Waals surface area contributed by atoms with Crippen LogP contribution in [-0.2, 0) is 6.42 Å². The smallest absolute Gasteiger partial charge is 0.251 e. The van der Waals surface area contributed by atoms with Gasteiger partial charge in [0.05, 0.1) is 5.69 Å². The molecule has 2 rings (SSSR count). The van der Waals surface area contributed by atoms with Crippen LogP contribution in [0.4, 0.5) is 0 Å². The molecule has 1 aromatic carbocycles. The fraction of sp³-hybridized carbons (Fsp3) is 0.278. The Balaban J connectivity index is 1.88. The first kappa shape index (κ1) is 16.7. The van der Waals surface area contributed by atoms with E-state index in [4.69, 9.17) is 4.74 Å². The molecule has 5 heteroatoms. The maximum atomic E-state index is 12.2. The van der Waals surface area contributed by atoms with Crippen LogP contribution in [-0.4, -0.2) is 28.5 Å². The van der Waals surface area contributed by atoms with Gasteiger partial charge in [-0.05, 0) is 43.7 Å². The number of ether oxygens (including phenoxy) is 1. The summed E-state index contributed by atoms with van der Waals surface area (Å²) in [5, 5.41) is 2.95. The van der Waals surface area contributed by atoms with E-state index < -0.39 is 0 Å². The van der Waals surface area contributed by atoms with Gasteiger partial charge in [-0.1, -0.05) is 6.58 Å². The van der Waals surface area contributed by atoms with Gasteiger partial charge in [0.2, 0.25) is 0 Å². The van der Waals surface area contributed by atoms with Crippen LogP contribution in [0, 0.1) is 0 Å². The number of rotatable bonds is 7. The number of nitrogens with zero attached hydrogens (tertiary/aromatic N) is 2. The van der Waals surface area contributed by atoms with Crippen molar-refractivity contribution in [3.63, 3.8) is 0 Å². The first-order valence-corrected chi connectivity index (χ1v) is 7.47. The second-order valence-electron chi connectivity index (χ2n) is 5.55. The van der Waals surface area contributed by atoms with Crippen molar-refractivity contribution in [1.29, 1.82) is 0 Å². The molecule has 0 aliphatic rings. The van der Waals surface area contributed by atoms with Crippen molar-refractivity contribution in [3.8, 4) is 5.75 Å². The SMILES string of the molecule is C=C(C)COc1ccc(C(=O)N[C@H](C)Cc2cnccn2)cc1. The molecule has 1 atom stereocenters. The normalized spacial score (nSPS) is 11.6. The van der Waals surface area contributed by atoms with Crippen LogP contribution in [0.2, 0.25) is 0 Å². The minimum atomic E-state index is -0.118. The first-order valence-electron chi connectivity index (χ1n) is 7.47. The molecule has 0 aliphatic carbocycles. The number of carbonyl (C=O) groups excluding carboxylic acids is 1. The molecule has 0 spiro atoms. The van der Waals surface area contributed by atoms with Crippen molar-refractivity contribution in [1.82, 2.24) is 15.3 Å². The van der Waals surface area contributed by atoms with Crippen molar-refractivity contribution in [2.75, 3.05) is 6.61 Å². The van der Waals surface area contributed by atoms with Crippen molar-refractivity contribution in [2.24, 2.45) is 0 Å². The number of hydrogen-bond donors (Lipinski definition) is 1. The Morgan fingerprint density at radius 1 is 1.30 bits per heavy atom. The molecule has 5 nitrogen and oxygen atoms in total. The quantitative estimate of drug-likeness (QED) is 0.799. The Bertz CT molecular complexity index is 654. The van der Waals surface area contributed by atoms with Crippen molar-refractivity contribution < 1.29 is 9.53 Å². The zero-order valence-electron chi connectivity index (χ0n) is 13.5. The Labute approximate surface area is 136 Å². The van der Waals surface area contributed by atoms with Gasteiger partial charge in [0.15, 0.2) is 0 Å². The molecule has 1 heterocycles. The summed E-state index contributed by atoms with van der Waals surface area (Å²) in [6, 6.07) is 7.03. The van der Waals surface area contributed by atoms with Crippen molar-refractivity contribution >= 4 is 5.91 Å². The summed E-state index contributed by atoms with van der Waals surface area (Å²) in [7, 11) is 0. The van der Waals surface area contributed by atoms with E-state index in [-0.39, 0.29) is 11.9 Å². The van der Waals surface area contributed by atoms with Gasteiger partial charge in [0.1, 0.15) is 12.4 Å². The summed E-state index contributed by atoms with van der Waals surface area (Å²) in [6.45, 7) is 8.10. The van der Waals surface area contributed by atoms with Crippen LogP contribution < -0.4 is 10.1 Å². The topological polar surface area (TPSA) is 64.1 Å². The molecular formula is C18H21N3O2. The third-order valence-corrected chi connectivity index (χ3v) is 3.11. The molecule has 0 saturated heterocycles. The molecular weight excluding hydrogens is 290 g/mol. The van der Waals surface area contributed by atoms with Gasteiger partial charge in [-0.3, -0.25) is 14.8 Å². The van der Waals surface area contributed by atoms with E-state index in [9.17, 15) is 4.79 Å². The largest absolute Gasteiger partial charge is 0.489 e. The molecule has 0 saturated carbocycles. The molecule has 0 fully saturated rings. The van der Waals surface area contributed by atoms with E-state index in [1.54, 1.807) is 42.9 Å². The van der Waals surface area contributed by atoms with E-state index in [0.717, 1.165) is 17.0 Å². The predicted octanol–water partition coefficient (Wildman–Crippen LogP) is 2.79. The van der Waals surface area contributed by atoms with Gasteiger partial charge in [-0.15, -0.1) is 0 Å². The third kappa shape index (κ3) is 5.54. The van der Waals surface area contributed by atoms with Crippen LogP contribution >= 0.6 is 0 Å². The number of benzene rings is 1. The van der Waals surface area contributed by atoms with Crippen LogP contribution in [0.25, 0.3) is 0 Å². The summed E-state index contributed by atoms with van der Waals surface area (Å²) in [6.07, 6.45) is 5.62. The van der Waals surface area contributed by atoms with Crippen molar-refractivity contribution in [2.45, 2.75) is 26.3 Å². The molecule has 2 aromatic rings. The lowest BCUT2D eigenvalue weighted by molar-refractivity contribution is 0.0940. The Morgan fingerprint density at radius 2 is 2.04 bits per heavy atom. The van der Waals surface area contributed by atoms with Gasteiger partial charge in [0, 0.05) is 36.6 Å². The fourth-order valence-corrected chi connectivity index (χ4v) is 2.02. The third-order valence-electron chi connectivity index (χ3n) is 3.11. The van der Waals surface area contributed by atoms with Gasteiger partial charge < -0.3 is 10.1 Å². The highest BCUT2D eigenvalue weighted by Gasteiger charge is 2.11. The molecule has 0 unspecified atom stereocenters. The highest BCUT2D eigenvalue weighted by Crippen LogP contribution is 2.13. The van der Waals surface area contributed by atoms with Crippen LogP contribution in [0.5, 0.6) is 5.75 Å². The average Bonchev–Trinajstić information content (AvgIpc) is 2.54. The number of amides is 1. The predicted molar refractivity (Wildman–Crippen MR) is 89.4 cm³/mol. The lowest BCUT2D eigenvalue weighted by Gasteiger charge is -2.13. The maximum absolute atomic E-state index is 12.2. The van der Waals surface area contributed by atoms with Gasteiger partial charge in [0.25, 0.3) is 5.91 Å². The van der Waals surface area contributed by atoms with Gasteiger partial charge in [-0.2, -0.15) is 0 Å². The summed E-state index contributed by atoms with van der Waals surface area (Å²) < 4.78 is 5.52. The Hall–Kier alpha value is -2.69. The van der Waals surface area contributed by atoms with E-state index in [2.05, 4.69) is 21.9 Å². The van der Waals surface area contributed by atoms with E-state index in [0.29, 0.717) is 18.6 Å². The second kappa shape index (κ2) is 8.08. The molecule has 1 N–H and O–H groups in total. The van der Waals surface area contributed by atoms with E-state index >= 15 is 0 Å². The first-order chi connectivity index (χ1) is 11.0. The number of aromatic nitrogens is 2. The fourth-order valence-electron chi connectivity index (χ4n) is 2.02. The van der Waals surface area contributed by atoms with E-state index in [1.165, 1.54) is 0 Å². The van der Waals surface area contributed by atoms with Gasteiger partial charge in [-0.25, -0.2) is 0 Å². The monoisotopic (exact) mass is 311 g/mol. The summed E-state index contributed by atoms with van der Waals surface area (Å²) in [4.78, 5) is 20.4. The molecule has 1 amide bonds. The van der Waals surface area contributed by atoms with Crippen LogP contribution in [0.3, 0.4) is 0 Å². The lowest BCUT2D eigenvalue weighted by atomic mass is 10.1. The Morgan fingerprint density at radius 3 is 2.65 bits per heavy atom. The molecule has 0 bridgehead atoms. The molecule has 23 heavy (non-hydrogen) atoms. The second-order valence-corrected chi connectivity index (χ2v) is 5.55. The van der Waals surface area contributed by atoms with Crippen LogP contribution in [0.15, 0.2) is 55.0 Å². The average molecular weight is 311 g/mol. The highest BCUT2D eigenvalue weighted by molar-refractivity contribution is 5.94. The molecule has 1 aromatic heterocycles. The maximum Gasteiger partial charge on any atom is 0.251 e. The molecule has 120 valence electrons. The highest BCUT2D eigenvalue weighted by atomic mass is 16.5. The molecule has 0 radical (unpaired) electrons. The lowest BCUT2D eigenvalue weighted by Crippen LogP contribution is -2.34. The number of hydrogen-bond acceptors (Lipinski definition) is 4. The number of nitrogens with one attached hydrogen (secondary N) is 1. The number of carbonyl (C=O) groups is 1. The minimum Gasteiger partial charge on any atom is -0.489 e. The summed E-state index contributed by atoms with van der Waals surface area (Å²) in [5.74, 6) is 0.602. The zero-order chi connectivity index (χ0) is 16.7.